The van der Waals surface area contributed by atoms with Crippen LogP contribution in [0.15, 0.2) is 12.1 Å². The first-order valence-corrected chi connectivity index (χ1v) is 8.18. The second-order valence-electron chi connectivity index (χ2n) is 6.77. The van der Waals surface area contributed by atoms with E-state index in [1.54, 1.807) is 13.0 Å². The minimum absolute atomic E-state index is 0.149. The smallest absolute Gasteiger partial charge is 0.339 e. The van der Waals surface area contributed by atoms with Gasteiger partial charge in [0.2, 0.25) is 0 Å². The lowest BCUT2D eigenvalue weighted by molar-refractivity contribution is 0.0352. The number of ether oxygens (including phenoxy) is 2. The van der Waals surface area contributed by atoms with Crippen LogP contribution in [-0.2, 0) is 9.47 Å². The van der Waals surface area contributed by atoms with Gasteiger partial charge in [-0.15, -0.1) is 0 Å². The molecule has 5 heteroatoms. The number of esters is 2. The van der Waals surface area contributed by atoms with E-state index in [0.29, 0.717) is 17.2 Å². The third kappa shape index (κ3) is 6.22. The van der Waals surface area contributed by atoms with E-state index in [4.69, 9.17) is 21.1 Å². The van der Waals surface area contributed by atoms with Crippen LogP contribution in [-0.4, -0.2) is 25.2 Å². The Balaban J connectivity index is 3.02. The molecule has 0 aliphatic carbocycles. The van der Waals surface area contributed by atoms with Gasteiger partial charge in [-0.2, -0.15) is 0 Å². The molecule has 23 heavy (non-hydrogen) atoms. The third-order valence-corrected chi connectivity index (χ3v) is 3.51. The van der Waals surface area contributed by atoms with Gasteiger partial charge in [-0.25, -0.2) is 9.59 Å². The Morgan fingerprint density at radius 2 is 1.65 bits per heavy atom. The highest BCUT2D eigenvalue weighted by Gasteiger charge is 2.23. The number of aryl methyl sites for hydroxylation is 1. The minimum Gasteiger partial charge on any atom is -0.462 e. The Morgan fingerprint density at radius 1 is 1.09 bits per heavy atom. The first-order chi connectivity index (χ1) is 10.7. The van der Waals surface area contributed by atoms with Crippen LogP contribution in [0.2, 0.25) is 5.02 Å². The van der Waals surface area contributed by atoms with Gasteiger partial charge in [0, 0.05) is 5.02 Å². The van der Waals surface area contributed by atoms with Crippen molar-refractivity contribution in [3.8, 4) is 0 Å². The molecule has 1 rings (SSSR count). The minimum atomic E-state index is -0.553. The number of halogens is 1. The van der Waals surface area contributed by atoms with E-state index in [1.165, 1.54) is 6.07 Å². The molecule has 0 N–H and O–H groups in total. The number of carbonyl (C=O) groups excluding carboxylic acids is 2. The number of unbranched alkanes of at least 4 members (excludes halogenated alkanes) is 1. The zero-order valence-corrected chi connectivity index (χ0v) is 15.3. The molecule has 4 nitrogen and oxygen atoms in total. The Hall–Kier alpha value is -1.55. The van der Waals surface area contributed by atoms with Crippen molar-refractivity contribution in [3.05, 3.63) is 33.8 Å². The standard InChI is InChI=1S/C18H25ClO4/c1-6-7-8-22-16(20)14-10-15(19)12(2)9-13(14)17(21)23-11-18(3,4)5/h9-10H,6-8,11H2,1-5H3. The van der Waals surface area contributed by atoms with Crippen LogP contribution in [0.4, 0.5) is 0 Å². The SMILES string of the molecule is CCCCOC(=O)c1cc(Cl)c(C)cc1C(=O)OCC(C)(C)C. The molecule has 0 radical (unpaired) electrons. The van der Waals surface area contributed by atoms with E-state index >= 15 is 0 Å². The van der Waals surface area contributed by atoms with Gasteiger partial charge in [0.1, 0.15) is 0 Å². The second-order valence-corrected chi connectivity index (χ2v) is 7.18. The summed E-state index contributed by atoms with van der Waals surface area (Å²) in [6.07, 6.45) is 1.69. The van der Waals surface area contributed by atoms with Gasteiger partial charge in [0.25, 0.3) is 0 Å². The third-order valence-electron chi connectivity index (χ3n) is 3.11. The molecule has 0 unspecified atom stereocenters. The average Bonchev–Trinajstić information content (AvgIpc) is 2.46. The summed E-state index contributed by atoms with van der Waals surface area (Å²) in [6.45, 7) is 10.3. The van der Waals surface area contributed by atoms with Crippen LogP contribution in [0.1, 0.15) is 66.8 Å². The number of hydrogen-bond donors (Lipinski definition) is 0. The predicted molar refractivity (Wildman–Crippen MR) is 91.1 cm³/mol. The highest BCUT2D eigenvalue weighted by atomic mass is 35.5. The maximum absolute atomic E-state index is 12.3. The zero-order valence-electron chi connectivity index (χ0n) is 14.5. The molecule has 0 aliphatic heterocycles. The normalized spacial score (nSPS) is 11.2. The predicted octanol–water partition coefficient (Wildman–Crippen LogP) is 4.81. The Bertz CT molecular complexity index is 573. The van der Waals surface area contributed by atoms with Crippen molar-refractivity contribution in [2.24, 2.45) is 5.41 Å². The molecule has 0 amide bonds. The van der Waals surface area contributed by atoms with E-state index in [-0.39, 0.29) is 23.1 Å². The fourth-order valence-electron chi connectivity index (χ4n) is 1.77. The number of hydrogen-bond acceptors (Lipinski definition) is 4. The lowest BCUT2D eigenvalue weighted by Gasteiger charge is -2.18. The van der Waals surface area contributed by atoms with Gasteiger partial charge < -0.3 is 9.47 Å². The first-order valence-electron chi connectivity index (χ1n) is 7.80. The molecule has 0 heterocycles. The molecule has 0 saturated carbocycles. The maximum atomic E-state index is 12.3. The molecule has 1 aromatic rings. The van der Waals surface area contributed by atoms with Gasteiger partial charge in [0.05, 0.1) is 24.3 Å². The van der Waals surface area contributed by atoms with E-state index in [2.05, 4.69) is 0 Å². The summed E-state index contributed by atoms with van der Waals surface area (Å²) in [5, 5.41) is 0.416. The summed E-state index contributed by atoms with van der Waals surface area (Å²) >= 11 is 6.09. The Morgan fingerprint density at radius 3 is 2.22 bits per heavy atom. The molecule has 128 valence electrons. The van der Waals surface area contributed by atoms with E-state index in [9.17, 15) is 9.59 Å². The van der Waals surface area contributed by atoms with Gasteiger partial charge in [-0.05, 0) is 36.5 Å². The number of carbonyl (C=O) groups is 2. The number of rotatable bonds is 6. The largest absolute Gasteiger partial charge is 0.462 e. The van der Waals surface area contributed by atoms with Gasteiger partial charge in [0.15, 0.2) is 0 Å². The summed E-state index contributed by atoms with van der Waals surface area (Å²) in [5.74, 6) is -1.09. The topological polar surface area (TPSA) is 52.6 Å². The average molecular weight is 341 g/mol. The summed E-state index contributed by atoms with van der Waals surface area (Å²) in [5.41, 5.74) is 0.895. The molecular weight excluding hydrogens is 316 g/mol. The zero-order chi connectivity index (χ0) is 17.6. The lowest BCUT2D eigenvalue weighted by atomic mass is 9.98. The van der Waals surface area contributed by atoms with Crippen LogP contribution < -0.4 is 0 Å². The Kier molecular flexibility index (Phi) is 7.07. The molecule has 0 spiro atoms. The second kappa shape index (κ2) is 8.34. The monoisotopic (exact) mass is 340 g/mol. The van der Waals surface area contributed by atoms with Crippen molar-refractivity contribution in [2.75, 3.05) is 13.2 Å². The van der Waals surface area contributed by atoms with E-state index in [1.807, 2.05) is 27.7 Å². The van der Waals surface area contributed by atoms with Crippen LogP contribution >= 0.6 is 11.6 Å². The quantitative estimate of drug-likeness (QED) is 0.551. The highest BCUT2D eigenvalue weighted by molar-refractivity contribution is 6.32. The van der Waals surface area contributed by atoms with E-state index in [0.717, 1.165) is 12.8 Å². The first kappa shape index (κ1) is 19.5. The molecule has 0 fully saturated rings. The summed E-state index contributed by atoms with van der Waals surface area (Å²) in [7, 11) is 0. The van der Waals surface area contributed by atoms with E-state index < -0.39 is 11.9 Å². The maximum Gasteiger partial charge on any atom is 0.339 e. The van der Waals surface area contributed by atoms with Crippen molar-refractivity contribution in [3.63, 3.8) is 0 Å². The lowest BCUT2D eigenvalue weighted by Crippen LogP contribution is -2.20. The number of benzene rings is 1. The van der Waals surface area contributed by atoms with Crippen molar-refractivity contribution in [2.45, 2.75) is 47.5 Å². The molecule has 0 aliphatic rings. The molecule has 0 saturated heterocycles. The fourth-order valence-corrected chi connectivity index (χ4v) is 1.93. The van der Waals surface area contributed by atoms with Crippen LogP contribution in [0.3, 0.4) is 0 Å². The fraction of sp³-hybridized carbons (Fsp3) is 0.556. The van der Waals surface area contributed by atoms with Crippen LogP contribution in [0.25, 0.3) is 0 Å². The molecule has 0 aromatic heterocycles. The van der Waals surface area contributed by atoms with Gasteiger partial charge in [-0.1, -0.05) is 45.7 Å². The summed E-state index contributed by atoms with van der Waals surface area (Å²) in [6, 6.07) is 3.04. The molecule has 0 bridgehead atoms. The van der Waals surface area contributed by atoms with Crippen molar-refractivity contribution < 1.29 is 19.1 Å². The molecule has 1 aromatic carbocycles. The van der Waals surface area contributed by atoms with Crippen molar-refractivity contribution in [1.82, 2.24) is 0 Å². The van der Waals surface area contributed by atoms with Crippen molar-refractivity contribution >= 4 is 23.5 Å². The molecule has 0 atom stereocenters. The van der Waals surface area contributed by atoms with Crippen LogP contribution in [0.5, 0.6) is 0 Å². The van der Waals surface area contributed by atoms with Crippen LogP contribution in [0, 0.1) is 12.3 Å². The van der Waals surface area contributed by atoms with Gasteiger partial charge >= 0.3 is 11.9 Å². The molecular formula is C18H25ClO4. The Labute approximate surface area is 143 Å². The van der Waals surface area contributed by atoms with Gasteiger partial charge in [-0.3, -0.25) is 0 Å². The van der Waals surface area contributed by atoms with Crippen molar-refractivity contribution in [1.29, 1.82) is 0 Å². The summed E-state index contributed by atoms with van der Waals surface area (Å²) in [4.78, 5) is 24.6. The highest BCUT2D eigenvalue weighted by Crippen LogP contribution is 2.23. The summed E-state index contributed by atoms with van der Waals surface area (Å²) < 4.78 is 10.5.